The summed E-state index contributed by atoms with van der Waals surface area (Å²) in [6.45, 7) is 0. The van der Waals surface area contributed by atoms with Crippen LogP contribution in [-0.4, -0.2) is 20.2 Å². The van der Waals surface area contributed by atoms with Gasteiger partial charge in [0, 0.05) is 12.7 Å². The maximum Gasteiger partial charge on any atom is 0.308 e. The fraction of sp³-hybridized carbons (Fsp3) is 0.417. The summed E-state index contributed by atoms with van der Waals surface area (Å²) in [5.74, 6) is -0.281. The Labute approximate surface area is 94.1 Å². The molecule has 0 saturated heterocycles. The highest BCUT2D eigenvalue weighted by Gasteiger charge is 2.32. The summed E-state index contributed by atoms with van der Waals surface area (Å²) in [6.07, 6.45) is -0.438. The van der Waals surface area contributed by atoms with E-state index in [1.807, 2.05) is 24.3 Å². The van der Waals surface area contributed by atoms with E-state index in [2.05, 4.69) is 4.74 Å². The van der Waals surface area contributed by atoms with Crippen LogP contribution in [0.25, 0.3) is 0 Å². The topological polar surface area (TPSA) is 44.8 Å². The van der Waals surface area contributed by atoms with Gasteiger partial charge >= 0.3 is 5.97 Å². The maximum absolute atomic E-state index is 11.2. The molecule has 1 aliphatic heterocycles. The van der Waals surface area contributed by atoms with Gasteiger partial charge in [0.05, 0.1) is 19.6 Å². The molecule has 86 valence electrons. The first-order valence-corrected chi connectivity index (χ1v) is 5.10. The molecule has 0 bridgehead atoms. The third kappa shape index (κ3) is 1.94. The predicted octanol–water partition coefficient (Wildman–Crippen LogP) is 1.97. The molecule has 16 heavy (non-hydrogen) atoms. The highest BCUT2D eigenvalue weighted by Crippen LogP contribution is 2.40. The molecule has 0 fully saturated rings. The minimum atomic E-state index is -0.383. The Morgan fingerprint density at radius 1 is 1.31 bits per heavy atom. The minimum Gasteiger partial charge on any atom is -0.469 e. The third-order valence-electron chi connectivity index (χ3n) is 2.68. The Morgan fingerprint density at radius 2 is 2.00 bits per heavy atom. The molecule has 0 aliphatic carbocycles. The quantitative estimate of drug-likeness (QED) is 0.733. The smallest absolute Gasteiger partial charge is 0.308 e. The monoisotopic (exact) mass is 222 g/mol. The van der Waals surface area contributed by atoms with Crippen molar-refractivity contribution in [2.24, 2.45) is 0 Å². The molecule has 4 heteroatoms. The molecule has 1 aromatic carbocycles. The van der Waals surface area contributed by atoms with Crippen LogP contribution in [0.1, 0.15) is 29.9 Å². The lowest BCUT2D eigenvalue weighted by Crippen LogP contribution is -2.08. The first-order valence-electron chi connectivity index (χ1n) is 5.10. The number of fused-ring (bicyclic) bond motifs is 1. The van der Waals surface area contributed by atoms with Gasteiger partial charge in [0.1, 0.15) is 0 Å². The SMILES string of the molecule is COC(=O)CC1OC(OC)c2ccccc21. The third-order valence-corrected chi connectivity index (χ3v) is 2.68. The van der Waals surface area contributed by atoms with E-state index in [0.717, 1.165) is 11.1 Å². The number of benzene rings is 1. The predicted molar refractivity (Wildman–Crippen MR) is 56.7 cm³/mol. The second kappa shape index (κ2) is 4.63. The van der Waals surface area contributed by atoms with E-state index in [9.17, 15) is 4.79 Å². The standard InChI is InChI=1S/C12H14O4/c1-14-11(13)7-10-8-5-3-4-6-9(8)12(15-2)16-10/h3-6,10,12H,7H2,1-2H3. The molecule has 2 atom stereocenters. The number of carbonyl (C=O) groups excluding carboxylic acids is 1. The number of esters is 1. The van der Waals surface area contributed by atoms with Crippen molar-refractivity contribution >= 4 is 5.97 Å². The van der Waals surface area contributed by atoms with Gasteiger partial charge in [-0.2, -0.15) is 0 Å². The maximum atomic E-state index is 11.2. The molecule has 2 unspecified atom stereocenters. The molecule has 0 radical (unpaired) electrons. The second-order valence-corrected chi connectivity index (χ2v) is 3.60. The van der Waals surface area contributed by atoms with Gasteiger partial charge in [-0.1, -0.05) is 24.3 Å². The summed E-state index contributed by atoms with van der Waals surface area (Å²) < 4.78 is 15.5. The van der Waals surface area contributed by atoms with Crippen LogP contribution in [-0.2, 0) is 19.0 Å². The summed E-state index contributed by atoms with van der Waals surface area (Å²) in [5.41, 5.74) is 1.98. The molecule has 0 spiro atoms. The van der Waals surface area contributed by atoms with Crippen molar-refractivity contribution < 1.29 is 19.0 Å². The Morgan fingerprint density at radius 3 is 2.62 bits per heavy atom. The normalized spacial score (nSPS) is 22.9. The molecule has 0 aromatic heterocycles. The summed E-state index contributed by atoms with van der Waals surface area (Å²) in [7, 11) is 2.96. The van der Waals surface area contributed by atoms with Crippen LogP contribution in [0.2, 0.25) is 0 Å². The van der Waals surface area contributed by atoms with Gasteiger partial charge in [0.15, 0.2) is 6.29 Å². The van der Waals surface area contributed by atoms with Gasteiger partial charge in [-0.15, -0.1) is 0 Å². The Balaban J connectivity index is 2.22. The van der Waals surface area contributed by atoms with Gasteiger partial charge in [-0.05, 0) is 5.56 Å². The van der Waals surface area contributed by atoms with Crippen molar-refractivity contribution in [3.63, 3.8) is 0 Å². The second-order valence-electron chi connectivity index (χ2n) is 3.60. The van der Waals surface area contributed by atoms with Crippen LogP contribution in [0, 0.1) is 0 Å². The fourth-order valence-electron chi connectivity index (χ4n) is 1.89. The first-order chi connectivity index (χ1) is 7.76. The average Bonchev–Trinajstić information content (AvgIpc) is 2.68. The van der Waals surface area contributed by atoms with E-state index < -0.39 is 0 Å². The van der Waals surface area contributed by atoms with Gasteiger partial charge in [0.25, 0.3) is 0 Å². The van der Waals surface area contributed by atoms with Crippen molar-refractivity contribution in [2.45, 2.75) is 18.8 Å². The van der Waals surface area contributed by atoms with E-state index in [1.54, 1.807) is 7.11 Å². The van der Waals surface area contributed by atoms with Crippen LogP contribution in [0.3, 0.4) is 0 Å². The Hall–Kier alpha value is -1.39. The molecule has 0 N–H and O–H groups in total. The van der Waals surface area contributed by atoms with E-state index in [0.29, 0.717) is 0 Å². The van der Waals surface area contributed by atoms with Crippen LogP contribution in [0.15, 0.2) is 24.3 Å². The van der Waals surface area contributed by atoms with Crippen molar-refractivity contribution in [2.75, 3.05) is 14.2 Å². The van der Waals surface area contributed by atoms with E-state index >= 15 is 0 Å². The molecule has 1 aliphatic rings. The van der Waals surface area contributed by atoms with Crippen LogP contribution >= 0.6 is 0 Å². The molecule has 4 nitrogen and oxygen atoms in total. The minimum absolute atomic E-state index is 0.216. The van der Waals surface area contributed by atoms with Crippen molar-refractivity contribution in [3.8, 4) is 0 Å². The van der Waals surface area contributed by atoms with Crippen LogP contribution in [0.5, 0.6) is 0 Å². The summed E-state index contributed by atoms with van der Waals surface area (Å²) >= 11 is 0. The number of ether oxygens (including phenoxy) is 3. The van der Waals surface area contributed by atoms with Gasteiger partial charge in [0.2, 0.25) is 0 Å². The molecule has 0 amide bonds. The number of methoxy groups -OCH3 is 2. The highest BCUT2D eigenvalue weighted by atomic mass is 16.7. The zero-order valence-electron chi connectivity index (χ0n) is 9.30. The number of carbonyl (C=O) groups is 1. The van der Waals surface area contributed by atoms with Crippen molar-refractivity contribution in [1.82, 2.24) is 0 Å². The zero-order chi connectivity index (χ0) is 11.5. The average molecular weight is 222 g/mol. The van der Waals surface area contributed by atoms with Gasteiger partial charge in [-0.3, -0.25) is 4.79 Å². The lowest BCUT2D eigenvalue weighted by atomic mass is 10.0. The lowest BCUT2D eigenvalue weighted by molar-refractivity contribution is -0.160. The summed E-state index contributed by atoms with van der Waals surface area (Å²) in [4.78, 5) is 11.2. The Kier molecular flexibility index (Phi) is 3.22. The van der Waals surface area contributed by atoms with E-state index in [-0.39, 0.29) is 24.8 Å². The summed E-state index contributed by atoms with van der Waals surface area (Å²) in [6, 6.07) is 7.74. The first kappa shape index (κ1) is 11.1. The highest BCUT2D eigenvalue weighted by molar-refractivity contribution is 5.70. The Bertz CT molecular complexity index is 388. The molecular weight excluding hydrogens is 208 g/mol. The zero-order valence-corrected chi connectivity index (χ0v) is 9.30. The van der Waals surface area contributed by atoms with Crippen LogP contribution < -0.4 is 0 Å². The fourth-order valence-corrected chi connectivity index (χ4v) is 1.89. The lowest BCUT2D eigenvalue weighted by Gasteiger charge is -2.11. The number of rotatable bonds is 3. The number of hydrogen-bond donors (Lipinski definition) is 0. The van der Waals surface area contributed by atoms with Gasteiger partial charge in [-0.25, -0.2) is 0 Å². The van der Waals surface area contributed by atoms with E-state index in [1.165, 1.54) is 7.11 Å². The molecule has 2 rings (SSSR count). The van der Waals surface area contributed by atoms with Crippen molar-refractivity contribution in [3.05, 3.63) is 35.4 Å². The molecular formula is C12H14O4. The largest absolute Gasteiger partial charge is 0.469 e. The van der Waals surface area contributed by atoms with Gasteiger partial charge < -0.3 is 14.2 Å². The van der Waals surface area contributed by atoms with Crippen molar-refractivity contribution in [1.29, 1.82) is 0 Å². The van der Waals surface area contributed by atoms with Crippen LogP contribution in [0.4, 0.5) is 0 Å². The van der Waals surface area contributed by atoms with E-state index in [4.69, 9.17) is 9.47 Å². The summed E-state index contributed by atoms with van der Waals surface area (Å²) in [5, 5.41) is 0. The molecule has 1 heterocycles. The molecule has 0 saturated carbocycles. The molecule has 1 aromatic rings. The number of hydrogen-bond acceptors (Lipinski definition) is 4.